The van der Waals surface area contributed by atoms with Gasteiger partial charge in [-0.1, -0.05) is 12.6 Å². The van der Waals surface area contributed by atoms with Crippen LogP contribution in [-0.2, 0) is 21.2 Å². The number of anilines is 3. The fraction of sp³-hybridized carbons (Fsp3) is 0.321. The number of pyridine rings is 2. The molecular formula is C28H29N7O4S. The van der Waals surface area contributed by atoms with E-state index in [0.717, 1.165) is 35.6 Å². The molecule has 0 radical (unpaired) electrons. The minimum absolute atomic E-state index is 0.197. The number of rotatable bonds is 8. The number of ether oxygens (including phenoxy) is 1. The molecule has 1 atom stereocenters. The van der Waals surface area contributed by atoms with Crippen molar-refractivity contribution in [2.45, 2.75) is 38.8 Å². The number of imidazole rings is 1. The van der Waals surface area contributed by atoms with Crippen LogP contribution in [0.15, 0.2) is 42.5 Å². The number of sulfonamides is 1. The third kappa shape index (κ3) is 5.52. The van der Waals surface area contributed by atoms with Gasteiger partial charge in [-0.15, -0.1) is 4.98 Å². The van der Waals surface area contributed by atoms with Crippen LogP contribution in [0.4, 0.5) is 22.9 Å². The summed E-state index contributed by atoms with van der Waals surface area (Å²) in [6, 6.07) is 12.0. The van der Waals surface area contributed by atoms with Gasteiger partial charge in [0.1, 0.15) is 29.5 Å². The number of nitrogens with zero attached hydrogens (tertiary/aromatic N) is 6. The molecule has 4 aromatic rings. The first-order valence-corrected chi connectivity index (χ1v) is 14.7. The lowest BCUT2D eigenvalue weighted by Gasteiger charge is -2.25. The van der Waals surface area contributed by atoms with Crippen molar-refractivity contribution in [3.8, 4) is 0 Å². The molecule has 12 heteroatoms. The molecule has 5 rings (SSSR count). The Kier molecular flexibility index (Phi) is 7.51. The molecule has 1 saturated heterocycles. The summed E-state index contributed by atoms with van der Waals surface area (Å²) in [7, 11) is -2.18. The molecule has 1 fully saturated rings. The molecule has 0 bridgehead atoms. The molecule has 1 aliphatic heterocycles. The van der Waals surface area contributed by atoms with Gasteiger partial charge in [-0.25, -0.2) is 18.4 Å². The molecule has 1 aliphatic rings. The number of aryl methyl sites for hydroxylation is 1. The minimum Gasteiger partial charge on any atom is -0.361 e. The third-order valence-electron chi connectivity index (χ3n) is 6.85. The molecule has 0 saturated carbocycles. The van der Waals surface area contributed by atoms with E-state index >= 15 is 0 Å². The highest BCUT2D eigenvalue weighted by molar-refractivity contribution is 7.92. The maximum absolute atomic E-state index is 12.4. The number of carbonyl (C=O) groups excluding carboxylic acids is 1. The van der Waals surface area contributed by atoms with Crippen molar-refractivity contribution < 1.29 is 17.9 Å². The Bertz CT molecular complexity index is 1740. The predicted octanol–water partition coefficient (Wildman–Crippen LogP) is 4.93. The Labute approximate surface area is 232 Å². The largest absolute Gasteiger partial charge is 0.361 e. The van der Waals surface area contributed by atoms with E-state index in [1.54, 1.807) is 24.3 Å². The third-order valence-corrected chi connectivity index (χ3v) is 8.05. The van der Waals surface area contributed by atoms with Gasteiger partial charge in [-0.2, -0.15) is 0 Å². The standard InChI is InChI=1S/C28H29N7O4S/c1-18-30-27-23(33-22-12-11-19(17-36)14-24(22)34(3)40(4,37)38)16-21(15-20-8-7-9-25(29-2)31-20)32-28(27)35(18)26-10-5-6-13-39-26/h7-9,11-12,14,16-17,26H,5-6,10,13,15H2,1,3-4H3,(H,32,33). The number of aldehydes is 1. The molecule has 3 aromatic heterocycles. The molecule has 0 aliphatic carbocycles. The normalized spacial score (nSPS) is 15.5. The fourth-order valence-corrected chi connectivity index (χ4v) is 5.32. The van der Waals surface area contributed by atoms with Crippen molar-refractivity contribution in [2.24, 2.45) is 0 Å². The second-order valence-electron chi connectivity index (χ2n) is 9.71. The highest BCUT2D eigenvalue weighted by Crippen LogP contribution is 2.36. The summed E-state index contributed by atoms with van der Waals surface area (Å²) < 4.78 is 34.1. The second kappa shape index (κ2) is 11.0. The van der Waals surface area contributed by atoms with Crippen molar-refractivity contribution in [1.29, 1.82) is 0 Å². The van der Waals surface area contributed by atoms with E-state index in [9.17, 15) is 13.2 Å². The summed E-state index contributed by atoms with van der Waals surface area (Å²) in [6.45, 7) is 9.87. The van der Waals surface area contributed by atoms with Crippen molar-refractivity contribution in [1.82, 2.24) is 19.5 Å². The average molecular weight is 560 g/mol. The Morgan fingerprint density at radius 1 is 1.15 bits per heavy atom. The van der Waals surface area contributed by atoms with Gasteiger partial charge >= 0.3 is 0 Å². The van der Waals surface area contributed by atoms with Gasteiger partial charge in [0.15, 0.2) is 5.65 Å². The molecule has 40 heavy (non-hydrogen) atoms. The SMILES string of the molecule is [C-]#[N+]c1cccc(Cc2cc(Nc3ccc(C=O)cc3N(C)S(C)(=O)=O)c3nc(C)n(C4CCCCO4)c3n2)n1. The first-order chi connectivity index (χ1) is 19.2. The predicted molar refractivity (Wildman–Crippen MR) is 153 cm³/mol. The van der Waals surface area contributed by atoms with E-state index in [2.05, 4.69) is 15.1 Å². The smallest absolute Gasteiger partial charge is 0.269 e. The Morgan fingerprint density at radius 2 is 1.98 bits per heavy atom. The van der Waals surface area contributed by atoms with Crippen molar-refractivity contribution >= 4 is 50.4 Å². The number of hydrogen-bond donors (Lipinski definition) is 1. The number of hydrogen-bond acceptors (Lipinski definition) is 8. The van der Waals surface area contributed by atoms with Gasteiger partial charge < -0.3 is 14.9 Å². The summed E-state index contributed by atoms with van der Waals surface area (Å²) in [5, 5.41) is 3.36. The van der Waals surface area contributed by atoms with Crippen LogP contribution in [0.2, 0.25) is 0 Å². The van der Waals surface area contributed by atoms with Crippen LogP contribution in [0.1, 0.15) is 53.1 Å². The van der Waals surface area contributed by atoms with Gasteiger partial charge in [0.05, 0.1) is 35.4 Å². The molecule has 0 amide bonds. The first kappa shape index (κ1) is 27.2. The quantitative estimate of drug-likeness (QED) is 0.238. The zero-order valence-corrected chi connectivity index (χ0v) is 23.3. The molecule has 1 aromatic carbocycles. The number of nitrogens with one attached hydrogen (secondary N) is 1. The maximum Gasteiger partial charge on any atom is 0.269 e. The molecule has 206 valence electrons. The lowest BCUT2D eigenvalue weighted by Crippen LogP contribution is -2.25. The van der Waals surface area contributed by atoms with Crippen LogP contribution < -0.4 is 9.62 Å². The highest BCUT2D eigenvalue weighted by Gasteiger charge is 2.25. The van der Waals surface area contributed by atoms with Gasteiger partial charge in [0.2, 0.25) is 10.0 Å². The molecule has 0 spiro atoms. The van der Waals surface area contributed by atoms with Crippen molar-refractivity contribution in [3.63, 3.8) is 0 Å². The monoisotopic (exact) mass is 559 g/mol. The molecule has 4 heterocycles. The number of benzene rings is 1. The van der Waals surface area contributed by atoms with E-state index < -0.39 is 10.0 Å². The van der Waals surface area contributed by atoms with Crippen LogP contribution in [0.3, 0.4) is 0 Å². The van der Waals surface area contributed by atoms with Crippen LogP contribution in [0.5, 0.6) is 0 Å². The summed E-state index contributed by atoms with van der Waals surface area (Å²) >= 11 is 0. The summed E-state index contributed by atoms with van der Waals surface area (Å²) in [5.74, 6) is 1.05. The van der Waals surface area contributed by atoms with Gasteiger partial charge in [0.25, 0.3) is 5.82 Å². The van der Waals surface area contributed by atoms with Gasteiger partial charge in [0, 0.05) is 19.2 Å². The lowest BCUT2D eigenvalue weighted by atomic mass is 10.1. The molecule has 1 N–H and O–H groups in total. The van der Waals surface area contributed by atoms with E-state index in [0.29, 0.717) is 70.3 Å². The van der Waals surface area contributed by atoms with Crippen LogP contribution in [0.25, 0.3) is 16.0 Å². The topological polar surface area (TPSA) is 124 Å². The number of fused-ring (bicyclic) bond motifs is 1. The second-order valence-corrected chi connectivity index (χ2v) is 11.7. The Hall–Kier alpha value is -4.34. The van der Waals surface area contributed by atoms with E-state index in [1.165, 1.54) is 13.1 Å². The lowest BCUT2D eigenvalue weighted by molar-refractivity contribution is -0.0309. The number of carbonyl (C=O) groups is 1. The molecule has 11 nitrogen and oxygen atoms in total. The summed E-state index contributed by atoms with van der Waals surface area (Å²) in [6.07, 6.45) is 4.82. The van der Waals surface area contributed by atoms with Crippen LogP contribution >= 0.6 is 0 Å². The number of aromatic nitrogens is 4. The first-order valence-electron chi connectivity index (χ1n) is 12.8. The molecular weight excluding hydrogens is 530 g/mol. The van der Waals surface area contributed by atoms with Crippen LogP contribution in [-0.4, -0.2) is 54.1 Å². The average Bonchev–Trinajstić information content (AvgIpc) is 3.28. The fourth-order valence-electron chi connectivity index (χ4n) is 4.81. The van der Waals surface area contributed by atoms with E-state index in [-0.39, 0.29) is 6.23 Å². The van der Waals surface area contributed by atoms with Crippen molar-refractivity contribution in [3.05, 3.63) is 76.7 Å². The zero-order valence-electron chi connectivity index (χ0n) is 22.5. The summed E-state index contributed by atoms with van der Waals surface area (Å²) in [5.41, 5.74) is 4.36. The summed E-state index contributed by atoms with van der Waals surface area (Å²) in [4.78, 5) is 29.1. The highest BCUT2D eigenvalue weighted by atomic mass is 32.2. The maximum atomic E-state index is 12.4. The van der Waals surface area contributed by atoms with Crippen molar-refractivity contribution in [2.75, 3.05) is 29.5 Å². The Balaban J connectivity index is 1.66. The minimum atomic E-state index is -3.61. The molecule has 1 unspecified atom stereocenters. The van der Waals surface area contributed by atoms with E-state index in [4.69, 9.17) is 21.3 Å². The Morgan fingerprint density at radius 3 is 2.67 bits per heavy atom. The van der Waals surface area contributed by atoms with Crippen LogP contribution in [0, 0.1) is 13.5 Å². The van der Waals surface area contributed by atoms with E-state index in [1.807, 2.05) is 23.6 Å². The van der Waals surface area contributed by atoms with Gasteiger partial charge in [-0.05, 0) is 62.6 Å². The van der Waals surface area contributed by atoms with Gasteiger partial charge in [-0.3, -0.25) is 13.7 Å². The zero-order chi connectivity index (χ0) is 28.4.